The summed E-state index contributed by atoms with van der Waals surface area (Å²) in [5, 5.41) is 4.67. The van der Waals surface area contributed by atoms with E-state index >= 15 is 0 Å². The third kappa shape index (κ3) is 4.64. The third-order valence-corrected chi connectivity index (χ3v) is 6.09. The van der Waals surface area contributed by atoms with Gasteiger partial charge in [0.25, 0.3) is 5.91 Å². The molecule has 2 atom stereocenters. The van der Waals surface area contributed by atoms with Gasteiger partial charge >= 0.3 is 0 Å². The van der Waals surface area contributed by atoms with Gasteiger partial charge in [0.05, 0.1) is 6.04 Å². The first-order chi connectivity index (χ1) is 13.4. The molecule has 2 heterocycles. The number of carbonyl (C=O) groups is 1. The van der Waals surface area contributed by atoms with Crippen LogP contribution in [0.25, 0.3) is 10.6 Å². The number of benzene rings is 1. The molecule has 1 N–H and O–H groups in total. The molecule has 146 valence electrons. The Morgan fingerprint density at radius 2 is 2.04 bits per heavy atom. The molecule has 0 bridgehead atoms. The summed E-state index contributed by atoms with van der Waals surface area (Å²) in [4.78, 5) is 21.4. The Kier molecular flexibility index (Phi) is 6.91. The van der Waals surface area contributed by atoms with Gasteiger partial charge in [-0.15, -0.1) is 11.3 Å². The zero-order valence-corrected chi connectivity index (χ0v) is 18.0. The maximum Gasteiger partial charge on any atom is 0.264 e. The second-order valence-electron chi connectivity index (χ2n) is 5.96. The lowest BCUT2D eigenvalue weighted by molar-refractivity contribution is 0.0647. The van der Waals surface area contributed by atoms with Gasteiger partial charge < -0.3 is 10.1 Å². The highest BCUT2D eigenvalue weighted by molar-refractivity contribution is 7.17. The van der Waals surface area contributed by atoms with Crippen molar-refractivity contribution in [1.29, 1.82) is 0 Å². The Morgan fingerprint density at radius 3 is 2.68 bits per heavy atom. The maximum atomic E-state index is 12.8. The highest BCUT2D eigenvalue weighted by atomic mass is 35.5. The highest BCUT2D eigenvalue weighted by Gasteiger charge is 2.26. The van der Waals surface area contributed by atoms with E-state index in [0.717, 1.165) is 11.1 Å². The van der Waals surface area contributed by atoms with Crippen molar-refractivity contribution in [1.82, 2.24) is 15.3 Å². The van der Waals surface area contributed by atoms with Gasteiger partial charge in [-0.3, -0.25) is 9.78 Å². The van der Waals surface area contributed by atoms with Crippen LogP contribution in [0.5, 0.6) is 0 Å². The van der Waals surface area contributed by atoms with Gasteiger partial charge in [0.2, 0.25) is 0 Å². The van der Waals surface area contributed by atoms with Gasteiger partial charge in [0.15, 0.2) is 5.15 Å². The molecule has 0 aliphatic rings. The second kappa shape index (κ2) is 9.20. The van der Waals surface area contributed by atoms with Crippen molar-refractivity contribution < 1.29 is 9.53 Å². The molecular formula is C19H16Cl3N3O2S. The van der Waals surface area contributed by atoms with Crippen LogP contribution in [0.4, 0.5) is 0 Å². The molecule has 9 heteroatoms. The van der Waals surface area contributed by atoms with E-state index in [4.69, 9.17) is 39.5 Å². The number of carbonyl (C=O) groups excluding carboxylic acids is 1. The number of hydrogen-bond acceptors (Lipinski definition) is 5. The molecule has 5 nitrogen and oxygen atoms in total. The van der Waals surface area contributed by atoms with Crippen molar-refractivity contribution in [2.24, 2.45) is 0 Å². The molecule has 3 rings (SSSR count). The summed E-state index contributed by atoms with van der Waals surface area (Å²) >= 11 is 19.6. The lowest BCUT2D eigenvalue weighted by Gasteiger charge is -2.24. The normalized spacial score (nSPS) is 13.2. The van der Waals surface area contributed by atoms with Crippen LogP contribution in [0.1, 0.15) is 28.3 Å². The fourth-order valence-corrected chi connectivity index (χ4v) is 4.44. The van der Waals surface area contributed by atoms with Gasteiger partial charge in [0.1, 0.15) is 16.0 Å². The molecule has 0 fully saturated rings. The zero-order valence-electron chi connectivity index (χ0n) is 14.9. The van der Waals surface area contributed by atoms with Crippen molar-refractivity contribution in [2.45, 2.75) is 19.1 Å². The first-order valence-electron chi connectivity index (χ1n) is 8.26. The van der Waals surface area contributed by atoms with Gasteiger partial charge in [-0.25, -0.2) is 4.98 Å². The average Bonchev–Trinajstić information content (AvgIpc) is 3.06. The molecule has 1 aromatic carbocycles. The van der Waals surface area contributed by atoms with E-state index in [0.29, 0.717) is 19.9 Å². The lowest BCUT2D eigenvalue weighted by Crippen LogP contribution is -2.37. The summed E-state index contributed by atoms with van der Waals surface area (Å²) in [7, 11) is 1.55. The number of pyridine rings is 1. The standard InChI is InChI=1S/C19H16Cl3N3O2S/c1-10(15(27-2)13-6-5-12(20)8-14(13)21)24-18(26)16-17(22)25-19(28-16)11-4-3-7-23-9-11/h3-10,15H,1-2H3,(H,24,26). The minimum Gasteiger partial charge on any atom is -0.375 e. The predicted octanol–water partition coefficient (Wildman–Crippen LogP) is 5.67. The molecular weight excluding hydrogens is 441 g/mol. The van der Waals surface area contributed by atoms with Crippen LogP contribution in [-0.4, -0.2) is 29.0 Å². The van der Waals surface area contributed by atoms with Crippen LogP contribution in [-0.2, 0) is 4.74 Å². The van der Waals surface area contributed by atoms with Gasteiger partial charge in [0, 0.05) is 40.7 Å². The Hall–Kier alpha value is -1.70. The first kappa shape index (κ1) is 21.0. The minimum atomic E-state index is -0.460. The largest absolute Gasteiger partial charge is 0.375 e. The van der Waals surface area contributed by atoms with Gasteiger partial charge in [-0.2, -0.15) is 0 Å². The van der Waals surface area contributed by atoms with E-state index in [9.17, 15) is 4.79 Å². The quantitative estimate of drug-likeness (QED) is 0.519. The fourth-order valence-electron chi connectivity index (χ4n) is 2.73. The monoisotopic (exact) mass is 455 g/mol. The third-order valence-electron chi connectivity index (χ3n) is 4.04. The van der Waals surface area contributed by atoms with E-state index in [-0.39, 0.29) is 17.1 Å². The highest BCUT2D eigenvalue weighted by Crippen LogP contribution is 2.32. The van der Waals surface area contributed by atoms with E-state index in [1.165, 1.54) is 11.3 Å². The average molecular weight is 457 g/mol. The second-order valence-corrected chi connectivity index (χ2v) is 8.17. The van der Waals surface area contributed by atoms with Crippen molar-refractivity contribution in [3.63, 3.8) is 0 Å². The Bertz CT molecular complexity index is 982. The Labute approximate surface area is 181 Å². The number of thiazole rings is 1. The molecule has 2 aromatic heterocycles. The van der Waals surface area contributed by atoms with E-state index < -0.39 is 6.10 Å². The SMILES string of the molecule is COC(c1ccc(Cl)cc1Cl)C(C)NC(=O)c1sc(-c2cccnc2)nc1Cl. The summed E-state index contributed by atoms with van der Waals surface area (Å²) in [6, 6.07) is 8.42. The van der Waals surface area contributed by atoms with Crippen LogP contribution in [0, 0.1) is 0 Å². The number of aromatic nitrogens is 2. The van der Waals surface area contributed by atoms with Crippen molar-refractivity contribution in [2.75, 3.05) is 7.11 Å². The van der Waals surface area contributed by atoms with Crippen molar-refractivity contribution in [3.05, 3.63) is 68.4 Å². The molecule has 2 unspecified atom stereocenters. The molecule has 3 aromatic rings. The fraction of sp³-hybridized carbons (Fsp3) is 0.211. The Morgan fingerprint density at radius 1 is 1.25 bits per heavy atom. The smallest absolute Gasteiger partial charge is 0.264 e. The molecule has 0 spiro atoms. The lowest BCUT2D eigenvalue weighted by atomic mass is 10.0. The number of rotatable bonds is 6. The summed E-state index contributed by atoms with van der Waals surface area (Å²) in [5.41, 5.74) is 1.53. The van der Waals surface area contributed by atoms with E-state index in [1.54, 1.807) is 43.8 Å². The molecule has 0 saturated heterocycles. The van der Waals surface area contributed by atoms with Crippen LogP contribution in [0.15, 0.2) is 42.7 Å². The minimum absolute atomic E-state index is 0.145. The van der Waals surface area contributed by atoms with Gasteiger partial charge in [-0.05, 0) is 31.2 Å². The number of amides is 1. The molecule has 0 saturated carbocycles. The molecule has 1 amide bonds. The van der Waals surface area contributed by atoms with Crippen LogP contribution in [0.3, 0.4) is 0 Å². The zero-order chi connectivity index (χ0) is 20.3. The number of nitrogens with zero attached hydrogens (tertiary/aromatic N) is 2. The van der Waals surface area contributed by atoms with Crippen LogP contribution >= 0.6 is 46.1 Å². The maximum absolute atomic E-state index is 12.8. The van der Waals surface area contributed by atoms with Crippen molar-refractivity contribution in [3.8, 4) is 10.6 Å². The Balaban J connectivity index is 1.79. The topological polar surface area (TPSA) is 64.1 Å². The van der Waals surface area contributed by atoms with Crippen molar-refractivity contribution >= 4 is 52.0 Å². The van der Waals surface area contributed by atoms with E-state index in [1.807, 2.05) is 13.0 Å². The van der Waals surface area contributed by atoms with Gasteiger partial charge in [-0.1, -0.05) is 40.9 Å². The van der Waals surface area contributed by atoms with E-state index in [2.05, 4.69) is 15.3 Å². The van der Waals surface area contributed by atoms with Crippen LogP contribution in [0.2, 0.25) is 15.2 Å². The van der Waals surface area contributed by atoms with Crippen LogP contribution < -0.4 is 5.32 Å². The summed E-state index contributed by atoms with van der Waals surface area (Å²) < 4.78 is 5.56. The molecule has 0 radical (unpaired) electrons. The number of methoxy groups -OCH3 is 1. The molecule has 0 aliphatic heterocycles. The summed E-state index contributed by atoms with van der Waals surface area (Å²) in [6.07, 6.45) is 2.88. The number of nitrogens with one attached hydrogen (secondary N) is 1. The number of ether oxygens (including phenoxy) is 1. The summed E-state index contributed by atoms with van der Waals surface area (Å²) in [6.45, 7) is 1.83. The summed E-state index contributed by atoms with van der Waals surface area (Å²) in [5.74, 6) is -0.336. The predicted molar refractivity (Wildman–Crippen MR) is 113 cm³/mol. The first-order valence-corrected chi connectivity index (χ1v) is 10.2. The number of hydrogen-bond donors (Lipinski definition) is 1. The molecule has 0 aliphatic carbocycles. The molecule has 28 heavy (non-hydrogen) atoms. The number of halogens is 3.